The van der Waals surface area contributed by atoms with Crippen molar-refractivity contribution < 1.29 is 9.53 Å². The number of carbonyl (C=O) groups excluding carboxylic acids is 1. The standard InChI is InChI=1S/C9H15N3O2S/c1-6-7(2)15-9(11-6)12-8(13)10-4-5-14-3/h4-5H2,1-3H3,(H2,10,11,12,13). The largest absolute Gasteiger partial charge is 0.383 e. The van der Waals surface area contributed by atoms with Crippen molar-refractivity contribution in [3.8, 4) is 0 Å². The average Bonchev–Trinajstić information content (AvgIpc) is 2.46. The van der Waals surface area contributed by atoms with Gasteiger partial charge in [-0.25, -0.2) is 9.78 Å². The van der Waals surface area contributed by atoms with Gasteiger partial charge in [0.05, 0.1) is 12.3 Å². The second kappa shape index (κ2) is 5.67. The predicted octanol–water partition coefficient (Wildman–Crippen LogP) is 1.53. The molecule has 5 nitrogen and oxygen atoms in total. The number of aryl methyl sites for hydroxylation is 2. The first-order valence-corrected chi connectivity index (χ1v) is 5.43. The van der Waals surface area contributed by atoms with Crippen molar-refractivity contribution in [3.05, 3.63) is 10.6 Å². The van der Waals surface area contributed by atoms with E-state index in [-0.39, 0.29) is 6.03 Å². The number of methoxy groups -OCH3 is 1. The van der Waals surface area contributed by atoms with E-state index in [2.05, 4.69) is 15.6 Å². The number of rotatable bonds is 4. The van der Waals surface area contributed by atoms with Crippen LogP contribution in [0.1, 0.15) is 10.6 Å². The maximum Gasteiger partial charge on any atom is 0.321 e. The lowest BCUT2D eigenvalue weighted by molar-refractivity contribution is 0.198. The minimum Gasteiger partial charge on any atom is -0.383 e. The van der Waals surface area contributed by atoms with Crippen LogP contribution in [-0.2, 0) is 4.74 Å². The SMILES string of the molecule is COCCNC(=O)Nc1nc(C)c(C)s1. The maximum absolute atomic E-state index is 11.3. The van der Waals surface area contributed by atoms with E-state index in [4.69, 9.17) is 4.74 Å². The lowest BCUT2D eigenvalue weighted by Gasteiger charge is -2.03. The highest BCUT2D eigenvalue weighted by atomic mass is 32.1. The van der Waals surface area contributed by atoms with Crippen LogP contribution in [-0.4, -0.2) is 31.3 Å². The lowest BCUT2D eigenvalue weighted by atomic mass is 10.4. The number of aromatic nitrogens is 1. The monoisotopic (exact) mass is 229 g/mol. The zero-order valence-corrected chi connectivity index (χ0v) is 9.90. The number of anilines is 1. The molecular formula is C9H15N3O2S. The van der Waals surface area contributed by atoms with Crippen molar-refractivity contribution in [1.82, 2.24) is 10.3 Å². The third-order valence-electron chi connectivity index (χ3n) is 1.84. The number of thiazole rings is 1. The highest BCUT2D eigenvalue weighted by Gasteiger charge is 2.06. The highest BCUT2D eigenvalue weighted by molar-refractivity contribution is 7.15. The van der Waals surface area contributed by atoms with Crippen molar-refractivity contribution in [2.45, 2.75) is 13.8 Å². The summed E-state index contributed by atoms with van der Waals surface area (Å²) in [4.78, 5) is 16.6. The van der Waals surface area contributed by atoms with Crippen molar-refractivity contribution in [2.24, 2.45) is 0 Å². The molecule has 84 valence electrons. The minimum absolute atomic E-state index is 0.249. The number of hydrogen-bond donors (Lipinski definition) is 2. The molecule has 1 aromatic heterocycles. The molecule has 0 unspecified atom stereocenters. The van der Waals surface area contributed by atoms with Crippen LogP contribution in [0.25, 0.3) is 0 Å². The van der Waals surface area contributed by atoms with Crippen LogP contribution in [0, 0.1) is 13.8 Å². The molecule has 0 aliphatic carbocycles. The third kappa shape index (κ3) is 3.85. The first-order valence-electron chi connectivity index (χ1n) is 4.61. The fourth-order valence-electron chi connectivity index (χ4n) is 0.934. The third-order valence-corrected chi connectivity index (χ3v) is 2.83. The van der Waals surface area contributed by atoms with Gasteiger partial charge >= 0.3 is 6.03 Å². The van der Waals surface area contributed by atoms with Crippen LogP contribution in [0.15, 0.2) is 0 Å². The summed E-state index contributed by atoms with van der Waals surface area (Å²) in [6.07, 6.45) is 0. The number of carbonyl (C=O) groups is 1. The summed E-state index contributed by atoms with van der Waals surface area (Å²) in [6.45, 7) is 4.88. The lowest BCUT2D eigenvalue weighted by Crippen LogP contribution is -2.31. The smallest absolute Gasteiger partial charge is 0.321 e. The molecule has 6 heteroatoms. The molecule has 0 aromatic carbocycles. The Morgan fingerprint density at radius 2 is 2.27 bits per heavy atom. The molecule has 1 rings (SSSR count). The maximum atomic E-state index is 11.3. The van der Waals surface area contributed by atoms with E-state index in [0.717, 1.165) is 10.6 Å². The van der Waals surface area contributed by atoms with E-state index in [1.807, 2.05) is 13.8 Å². The van der Waals surface area contributed by atoms with E-state index in [0.29, 0.717) is 18.3 Å². The average molecular weight is 229 g/mol. The van der Waals surface area contributed by atoms with Crippen molar-refractivity contribution in [2.75, 3.05) is 25.6 Å². The van der Waals surface area contributed by atoms with Gasteiger partial charge in [-0.1, -0.05) is 0 Å². The Kier molecular flexibility index (Phi) is 4.51. The summed E-state index contributed by atoms with van der Waals surface area (Å²) in [7, 11) is 1.59. The topological polar surface area (TPSA) is 63.2 Å². The fourth-order valence-corrected chi connectivity index (χ4v) is 1.74. The van der Waals surface area contributed by atoms with E-state index in [1.165, 1.54) is 11.3 Å². The number of nitrogens with one attached hydrogen (secondary N) is 2. The molecule has 1 aromatic rings. The van der Waals surface area contributed by atoms with Gasteiger partial charge in [-0.15, -0.1) is 11.3 Å². The summed E-state index contributed by atoms with van der Waals surface area (Å²) in [5.74, 6) is 0. The molecule has 0 aliphatic heterocycles. The summed E-state index contributed by atoms with van der Waals surface area (Å²) >= 11 is 1.47. The Morgan fingerprint density at radius 1 is 1.53 bits per heavy atom. The second-order valence-electron chi connectivity index (χ2n) is 3.03. The predicted molar refractivity (Wildman–Crippen MR) is 60.5 cm³/mol. The normalized spacial score (nSPS) is 10.1. The molecule has 0 bridgehead atoms. The van der Waals surface area contributed by atoms with Gasteiger partial charge < -0.3 is 10.1 Å². The van der Waals surface area contributed by atoms with Gasteiger partial charge in [0.1, 0.15) is 0 Å². The molecule has 2 amide bonds. The number of urea groups is 1. The molecule has 0 fully saturated rings. The molecule has 0 radical (unpaired) electrons. The molecule has 1 heterocycles. The van der Waals surface area contributed by atoms with E-state index in [9.17, 15) is 4.79 Å². The van der Waals surface area contributed by atoms with Crippen LogP contribution >= 0.6 is 11.3 Å². The molecule has 0 saturated heterocycles. The summed E-state index contributed by atoms with van der Waals surface area (Å²) in [6, 6.07) is -0.249. The number of amides is 2. The van der Waals surface area contributed by atoms with Crippen molar-refractivity contribution in [1.29, 1.82) is 0 Å². The van der Waals surface area contributed by atoms with Gasteiger partial charge in [0, 0.05) is 18.5 Å². The number of nitrogens with zero attached hydrogens (tertiary/aromatic N) is 1. The molecule has 2 N–H and O–H groups in total. The molecule has 0 aliphatic rings. The van der Waals surface area contributed by atoms with Gasteiger partial charge in [0.15, 0.2) is 5.13 Å². The zero-order valence-electron chi connectivity index (χ0n) is 9.09. The van der Waals surface area contributed by atoms with Gasteiger partial charge in [-0.3, -0.25) is 5.32 Å². The van der Waals surface area contributed by atoms with Crippen LogP contribution in [0.3, 0.4) is 0 Å². The number of ether oxygens (including phenoxy) is 1. The molecular weight excluding hydrogens is 214 g/mol. The highest BCUT2D eigenvalue weighted by Crippen LogP contribution is 2.20. The number of hydrogen-bond acceptors (Lipinski definition) is 4. The Labute approximate surface area is 92.9 Å². The van der Waals surface area contributed by atoms with Crippen LogP contribution in [0.2, 0.25) is 0 Å². The Morgan fingerprint density at radius 3 is 2.80 bits per heavy atom. The summed E-state index contributed by atoms with van der Waals surface area (Å²) in [5.41, 5.74) is 0.951. The quantitative estimate of drug-likeness (QED) is 0.770. The van der Waals surface area contributed by atoms with E-state index in [1.54, 1.807) is 7.11 Å². The Hall–Kier alpha value is -1.14. The van der Waals surface area contributed by atoms with Crippen LogP contribution in [0.4, 0.5) is 9.93 Å². The van der Waals surface area contributed by atoms with E-state index >= 15 is 0 Å². The van der Waals surface area contributed by atoms with Gasteiger partial charge in [-0.05, 0) is 13.8 Å². The first kappa shape index (κ1) is 11.9. The second-order valence-corrected chi connectivity index (χ2v) is 4.24. The van der Waals surface area contributed by atoms with Gasteiger partial charge in [-0.2, -0.15) is 0 Å². The Bertz CT molecular complexity index is 319. The minimum atomic E-state index is -0.249. The van der Waals surface area contributed by atoms with Crippen molar-refractivity contribution >= 4 is 22.5 Å². The zero-order chi connectivity index (χ0) is 11.3. The fraction of sp³-hybridized carbons (Fsp3) is 0.556. The summed E-state index contributed by atoms with van der Waals surface area (Å²) in [5, 5.41) is 5.94. The summed E-state index contributed by atoms with van der Waals surface area (Å²) < 4.78 is 4.81. The molecule has 0 saturated carbocycles. The van der Waals surface area contributed by atoms with Gasteiger partial charge in [0.2, 0.25) is 0 Å². The molecule has 15 heavy (non-hydrogen) atoms. The van der Waals surface area contributed by atoms with Crippen molar-refractivity contribution in [3.63, 3.8) is 0 Å². The molecule has 0 atom stereocenters. The van der Waals surface area contributed by atoms with Gasteiger partial charge in [0.25, 0.3) is 0 Å². The van der Waals surface area contributed by atoms with E-state index < -0.39 is 0 Å². The Balaban J connectivity index is 2.37. The van der Waals surface area contributed by atoms with Crippen LogP contribution < -0.4 is 10.6 Å². The van der Waals surface area contributed by atoms with Crippen LogP contribution in [0.5, 0.6) is 0 Å². The first-order chi connectivity index (χ1) is 7.13. The molecule has 0 spiro atoms.